The minimum Gasteiger partial charge on any atom is -0.251 e. The maximum absolute atomic E-state index is 10.9. The van der Waals surface area contributed by atoms with E-state index >= 15 is 0 Å². The predicted molar refractivity (Wildman–Crippen MR) is 43.7 cm³/mol. The van der Waals surface area contributed by atoms with Crippen LogP contribution in [0, 0.1) is 0 Å². The van der Waals surface area contributed by atoms with Crippen molar-refractivity contribution in [2.45, 2.75) is 18.5 Å². The Morgan fingerprint density at radius 2 is 2.36 bits per heavy atom. The zero-order valence-electron chi connectivity index (χ0n) is 6.57. The van der Waals surface area contributed by atoms with E-state index in [-0.39, 0.29) is 0 Å². The molecule has 0 radical (unpaired) electrons. The van der Waals surface area contributed by atoms with Crippen molar-refractivity contribution in [1.82, 2.24) is 9.97 Å². The van der Waals surface area contributed by atoms with E-state index in [2.05, 4.69) is 9.97 Å². The summed E-state index contributed by atoms with van der Waals surface area (Å²) < 4.78 is 10.9. The Morgan fingerprint density at radius 3 is 2.91 bits per heavy atom. The molecule has 0 saturated heterocycles. The van der Waals surface area contributed by atoms with E-state index in [0.29, 0.717) is 5.16 Å². The summed E-state index contributed by atoms with van der Waals surface area (Å²) in [6.45, 7) is 2.00. The molecule has 11 heavy (non-hydrogen) atoms. The lowest BCUT2D eigenvalue weighted by atomic mass is 10.3. The maximum Gasteiger partial charge on any atom is 0.218 e. The van der Waals surface area contributed by atoms with Gasteiger partial charge >= 0.3 is 0 Å². The quantitative estimate of drug-likeness (QED) is 0.616. The molecule has 1 aromatic heterocycles. The van der Waals surface area contributed by atoms with Gasteiger partial charge in [-0.05, 0) is 12.5 Å². The van der Waals surface area contributed by atoms with Crippen LogP contribution in [0.4, 0.5) is 0 Å². The minimum absolute atomic E-state index is 0.421. The summed E-state index contributed by atoms with van der Waals surface area (Å²) in [6, 6.07) is 1.83. The molecular weight excluding hydrogens is 160 g/mol. The van der Waals surface area contributed by atoms with E-state index in [4.69, 9.17) is 0 Å². The van der Waals surface area contributed by atoms with E-state index in [1.54, 1.807) is 12.5 Å². The zero-order valence-corrected chi connectivity index (χ0v) is 7.39. The molecule has 1 rings (SSSR count). The average Bonchev–Trinajstić information content (AvgIpc) is 2.05. The van der Waals surface area contributed by atoms with Gasteiger partial charge in [0, 0.05) is 18.1 Å². The van der Waals surface area contributed by atoms with E-state index in [1.165, 1.54) is 0 Å². The second kappa shape index (κ2) is 3.57. The first kappa shape index (κ1) is 8.33. The van der Waals surface area contributed by atoms with E-state index in [0.717, 1.165) is 12.1 Å². The fraction of sp³-hybridized carbons (Fsp3) is 0.429. The van der Waals surface area contributed by atoms with Crippen LogP contribution in [-0.4, -0.2) is 20.4 Å². The summed E-state index contributed by atoms with van der Waals surface area (Å²) in [5.41, 5.74) is 0.935. The molecule has 4 heteroatoms. The standard InChI is InChI=1S/C7H10N2OS/c1-3-6-4-5-8-7(9-6)11(2)10/h4-5H,3H2,1-2H3. The summed E-state index contributed by atoms with van der Waals surface area (Å²) in [5.74, 6) is 0. The van der Waals surface area contributed by atoms with Crippen molar-refractivity contribution in [1.29, 1.82) is 0 Å². The van der Waals surface area contributed by atoms with Crippen LogP contribution in [-0.2, 0) is 17.2 Å². The third kappa shape index (κ3) is 2.08. The van der Waals surface area contributed by atoms with Crippen molar-refractivity contribution in [2.75, 3.05) is 6.26 Å². The first-order chi connectivity index (χ1) is 5.24. The summed E-state index contributed by atoms with van der Waals surface area (Å²) in [7, 11) is -1.06. The van der Waals surface area contributed by atoms with Crippen molar-refractivity contribution in [3.8, 4) is 0 Å². The Labute approximate surface area is 68.3 Å². The molecule has 0 spiro atoms. The van der Waals surface area contributed by atoms with Gasteiger partial charge in [0.15, 0.2) is 0 Å². The highest BCUT2D eigenvalue weighted by Gasteiger charge is 2.00. The lowest BCUT2D eigenvalue weighted by Crippen LogP contribution is -1.98. The number of aryl methyl sites for hydroxylation is 1. The van der Waals surface area contributed by atoms with Crippen LogP contribution in [0.15, 0.2) is 17.4 Å². The van der Waals surface area contributed by atoms with Crippen LogP contribution in [0.2, 0.25) is 0 Å². The van der Waals surface area contributed by atoms with Gasteiger partial charge in [0.25, 0.3) is 0 Å². The first-order valence-electron chi connectivity index (χ1n) is 3.39. The third-order valence-electron chi connectivity index (χ3n) is 1.31. The molecule has 0 aliphatic rings. The molecule has 0 aromatic carbocycles. The fourth-order valence-electron chi connectivity index (χ4n) is 0.711. The zero-order chi connectivity index (χ0) is 8.27. The van der Waals surface area contributed by atoms with Crippen LogP contribution in [0.25, 0.3) is 0 Å². The molecule has 0 bridgehead atoms. The topological polar surface area (TPSA) is 42.9 Å². The number of hydrogen-bond acceptors (Lipinski definition) is 3. The van der Waals surface area contributed by atoms with E-state index < -0.39 is 10.8 Å². The molecule has 0 aliphatic heterocycles. The highest BCUT2D eigenvalue weighted by Crippen LogP contribution is 1.98. The fourth-order valence-corrected chi connectivity index (χ4v) is 1.17. The SMILES string of the molecule is CCc1ccnc(S(C)=O)n1. The summed E-state index contributed by atoms with van der Waals surface area (Å²) in [5, 5.41) is 0.421. The van der Waals surface area contributed by atoms with Gasteiger partial charge in [0.05, 0.1) is 10.8 Å². The number of aromatic nitrogens is 2. The van der Waals surface area contributed by atoms with Gasteiger partial charge < -0.3 is 0 Å². The molecule has 0 aliphatic carbocycles. The Balaban J connectivity index is 3.01. The highest BCUT2D eigenvalue weighted by atomic mass is 32.2. The van der Waals surface area contributed by atoms with Gasteiger partial charge in [-0.15, -0.1) is 0 Å². The Hall–Kier alpha value is -0.770. The van der Waals surface area contributed by atoms with E-state index in [1.807, 2.05) is 13.0 Å². The summed E-state index contributed by atoms with van der Waals surface area (Å²) in [6.07, 6.45) is 4.07. The summed E-state index contributed by atoms with van der Waals surface area (Å²) in [4.78, 5) is 7.96. The van der Waals surface area contributed by atoms with Crippen LogP contribution in [0.5, 0.6) is 0 Å². The molecule has 3 nitrogen and oxygen atoms in total. The average molecular weight is 170 g/mol. The molecule has 0 amide bonds. The second-order valence-corrected chi connectivity index (χ2v) is 3.41. The molecule has 0 saturated carbocycles. The van der Waals surface area contributed by atoms with Gasteiger partial charge in [0.2, 0.25) is 5.16 Å². The van der Waals surface area contributed by atoms with Gasteiger partial charge in [-0.1, -0.05) is 6.92 Å². The molecular formula is C7H10N2OS. The molecule has 1 aromatic rings. The number of nitrogens with zero attached hydrogens (tertiary/aromatic N) is 2. The monoisotopic (exact) mass is 170 g/mol. The van der Waals surface area contributed by atoms with Crippen molar-refractivity contribution in [2.24, 2.45) is 0 Å². The highest BCUT2D eigenvalue weighted by molar-refractivity contribution is 7.84. The number of hydrogen-bond donors (Lipinski definition) is 0. The molecule has 0 N–H and O–H groups in total. The van der Waals surface area contributed by atoms with Crippen LogP contribution in [0.1, 0.15) is 12.6 Å². The maximum atomic E-state index is 10.9. The van der Waals surface area contributed by atoms with Gasteiger partial charge in [-0.25, -0.2) is 9.97 Å². The predicted octanol–water partition coefficient (Wildman–Crippen LogP) is 0.776. The Kier molecular flexibility index (Phi) is 2.70. The van der Waals surface area contributed by atoms with Crippen molar-refractivity contribution < 1.29 is 4.21 Å². The van der Waals surface area contributed by atoms with Gasteiger partial charge in [-0.2, -0.15) is 0 Å². The van der Waals surface area contributed by atoms with E-state index in [9.17, 15) is 4.21 Å². The molecule has 0 fully saturated rings. The first-order valence-corrected chi connectivity index (χ1v) is 4.95. The van der Waals surface area contributed by atoms with Crippen molar-refractivity contribution in [3.05, 3.63) is 18.0 Å². The summed E-state index contributed by atoms with van der Waals surface area (Å²) >= 11 is 0. The Morgan fingerprint density at radius 1 is 1.64 bits per heavy atom. The normalized spacial score (nSPS) is 12.9. The van der Waals surface area contributed by atoms with Crippen LogP contribution < -0.4 is 0 Å². The van der Waals surface area contributed by atoms with Gasteiger partial charge in [0.1, 0.15) is 0 Å². The second-order valence-electron chi connectivity index (χ2n) is 2.14. The van der Waals surface area contributed by atoms with Gasteiger partial charge in [-0.3, -0.25) is 4.21 Å². The smallest absolute Gasteiger partial charge is 0.218 e. The molecule has 1 unspecified atom stereocenters. The largest absolute Gasteiger partial charge is 0.251 e. The lowest BCUT2D eigenvalue weighted by molar-refractivity contribution is 0.678. The van der Waals surface area contributed by atoms with Crippen molar-refractivity contribution >= 4 is 10.8 Å². The lowest BCUT2D eigenvalue weighted by Gasteiger charge is -1.96. The van der Waals surface area contributed by atoms with Crippen molar-refractivity contribution in [3.63, 3.8) is 0 Å². The van der Waals surface area contributed by atoms with Crippen LogP contribution >= 0.6 is 0 Å². The Bertz CT molecular complexity index is 275. The molecule has 60 valence electrons. The third-order valence-corrected chi connectivity index (χ3v) is 2.02. The molecule has 1 heterocycles. The molecule has 1 atom stereocenters. The number of rotatable bonds is 2. The van der Waals surface area contributed by atoms with Crippen LogP contribution in [0.3, 0.4) is 0 Å². The minimum atomic E-state index is -1.06.